The number of anilines is 1. The summed E-state index contributed by atoms with van der Waals surface area (Å²) in [4.78, 5) is 43.0. The molecular formula is C27H27N5O4. The van der Waals surface area contributed by atoms with Gasteiger partial charge in [0.2, 0.25) is 5.91 Å². The summed E-state index contributed by atoms with van der Waals surface area (Å²) in [5, 5.41) is 17.4. The van der Waals surface area contributed by atoms with Crippen molar-refractivity contribution >= 4 is 56.4 Å². The van der Waals surface area contributed by atoms with Crippen molar-refractivity contribution in [3.63, 3.8) is 0 Å². The van der Waals surface area contributed by atoms with Crippen molar-refractivity contribution in [2.24, 2.45) is 0 Å². The molecule has 0 fully saturated rings. The van der Waals surface area contributed by atoms with Crippen LogP contribution in [0, 0.1) is 0 Å². The largest absolute Gasteiger partial charge is 0.390 e. The van der Waals surface area contributed by atoms with Gasteiger partial charge >= 0.3 is 0 Å². The lowest BCUT2D eigenvalue weighted by molar-refractivity contribution is -0.123. The van der Waals surface area contributed by atoms with Crippen molar-refractivity contribution < 1.29 is 19.5 Å². The number of hydrogen-bond donors (Lipinski definition) is 4. The number of likely N-dealkylation sites (N-methyl/N-ethyl adjacent to an activating group) is 1. The van der Waals surface area contributed by atoms with Gasteiger partial charge in [-0.15, -0.1) is 0 Å². The van der Waals surface area contributed by atoms with Crippen LogP contribution >= 0.6 is 0 Å². The number of nitrogens with zero attached hydrogens (tertiary/aromatic N) is 2. The number of amides is 3. The second-order valence-corrected chi connectivity index (χ2v) is 9.31. The minimum Gasteiger partial charge on any atom is -0.390 e. The van der Waals surface area contributed by atoms with Crippen molar-refractivity contribution in [3.05, 3.63) is 66.0 Å². The number of aliphatic hydroxyl groups is 1. The Kier molecular flexibility index (Phi) is 5.95. The molecule has 0 saturated heterocycles. The first kappa shape index (κ1) is 23.5. The van der Waals surface area contributed by atoms with E-state index in [1.54, 1.807) is 24.5 Å². The van der Waals surface area contributed by atoms with E-state index in [4.69, 9.17) is 0 Å². The summed E-state index contributed by atoms with van der Waals surface area (Å²) < 4.78 is 1.88. The number of aliphatic hydroxyl groups excluding tert-OH is 1. The molecule has 1 aliphatic rings. The molecule has 36 heavy (non-hydrogen) atoms. The molecule has 184 valence electrons. The predicted octanol–water partition coefficient (Wildman–Crippen LogP) is 2.57. The Balaban J connectivity index is 1.74. The second-order valence-electron chi connectivity index (χ2n) is 9.31. The van der Waals surface area contributed by atoms with Crippen molar-refractivity contribution in [1.29, 1.82) is 0 Å². The van der Waals surface area contributed by atoms with E-state index in [1.165, 1.54) is 6.92 Å². The molecule has 3 amide bonds. The van der Waals surface area contributed by atoms with Crippen molar-refractivity contribution in [2.45, 2.75) is 19.6 Å². The molecular weight excluding hydrogens is 458 g/mol. The number of carbonyl (C=O) groups is 3. The average Bonchev–Trinajstić information content (AvgIpc) is 3.45. The first-order valence-corrected chi connectivity index (χ1v) is 11.6. The van der Waals surface area contributed by atoms with Gasteiger partial charge in [-0.25, -0.2) is 0 Å². The van der Waals surface area contributed by atoms with Gasteiger partial charge in [-0.05, 0) is 38.4 Å². The van der Waals surface area contributed by atoms with Crippen molar-refractivity contribution in [1.82, 2.24) is 19.8 Å². The number of imide groups is 1. The van der Waals surface area contributed by atoms with Crippen LogP contribution < -0.4 is 10.6 Å². The monoisotopic (exact) mass is 485 g/mol. The molecule has 9 nitrogen and oxygen atoms in total. The molecule has 0 bridgehead atoms. The number of benzene rings is 2. The highest BCUT2D eigenvalue weighted by atomic mass is 16.3. The molecule has 2 aromatic heterocycles. The molecule has 4 aromatic rings. The van der Waals surface area contributed by atoms with Crippen LogP contribution in [-0.4, -0.2) is 64.0 Å². The number of carbonyl (C=O) groups excluding carboxylic acids is 3. The van der Waals surface area contributed by atoms with E-state index in [9.17, 15) is 19.5 Å². The van der Waals surface area contributed by atoms with Gasteiger partial charge in [-0.3, -0.25) is 19.7 Å². The quantitative estimate of drug-likeness (QED) is 0.300. The van der Waals surface area contributed by atoms with Gasteiger partial charge in [0.1, 0.15) is 0 Å². The van der Waals surface area contributed by atoms with Gasteiger partial charge in [0, 0.05) is 71.0 Å². The number of para-hydroxylation sites is 1. The van der Waals surface area contributed by atoms with E-state index >= 15 is 0 Å². The van der Waals surface area contributed by atoms with Gasteiger partial charge in [-0.2, -0.15) is 0 Å². The van der Waals surface area contributed by atoms with Crippen LogP contribution in [0.1, 0.15) is 18.1 Å². The van der Waals surface area contributed by atoms with Crippen LogP contribution in [0.3, 0.4) is 0 Å². The molecule has 0 aliphatic carbocycles. The first-order chi connectivity index (χ1) is 17.2. The predicted molar refractivity (Wildman–Crippen MR) is 139 cm³/mol. The molecule has 0 saturated carbocycles. The van der Waals surface area contributed by atoms with Crippen LogP contribution in [0.25, 0.3) is 33.0 Å². The van der Waals surface area contributed by atoms with Gasteiger partial charge in [0.15, 0.2) is 0 Å². The lowest BCUT2D eigenvalue weighted by Gasteiger charge is -2.17. The maximum absolute atomic E-state index is 13.2. The zero-order valence-electron chi connectivity index (χ0n) is 20.3. The highest BCUT2D eigenvalue weighted by Gasteiger charge is 2.35. The fourth-order valence-corrected chi connectivity index (χ4v) is 4.88. The smallest absolute Gasteiger partial charge is 0.259 e. The minimum atomic E-state index is -0.653. The second kappa shape index (κ2) is 9.10. The third-order valence-corrected chi connectivity index (χ3v) is 6.24. The Bertz CT molecular complexity index is 1560. The van der Waals surface area contributed by atoms with Crippen molar-refractivity contribution in [2.75, 3.05) is 26.0 Å². The van der Waals surface area contributed by atoms with Crippen LogP contribution in [0.15, 0.2) is 54.9 Å². The normalized spacial score (nSPS) is 14.8. The number of fused-ring (bicyclic) bond motifs is 2. The number of aromatic nitrogens is 2. The fourth-order valence-electron chi connectivity index (χ4n) is 4.88. The maximum atomic E-state index is 13.2. The summed E-state index contributed by atoms with van der Waals surface area (Å²) in [7, 11) is 3.77. The van der Waals surface area contributed by atoms with Crippen LogP contribution in [0.4, 0.5) is 5.69 Å². The number of nitrogens with one attached hydrogen (secondary N) is 3. The Morgan fingerprint density at radius 1 is 1.06 bits per heavy atom. The lowest BCUT2D eigenvalue weighted by atomic mass is 9.95. The summed E-state index contributed by atoms with van der Waals surface area (Å²) >= 11 is 0. The highest BCUT2D eigenvalue weighted by molar-refractivity contribution is 6.50. The van der Waals surface area contributed by atoms with Gasteiger partial charge in [0.05, 0.1) is 17.3 Å². The zero-order valence-corrected chi connectivity index (χ0v) is 20.3. The standard InChI is InChI=1S/C27H27N5O4/c1-15(33)29-16-8-9-23-19(10-16)21(14-32(23)13-17(34)12-31(2)3)25-24(26(35)30-27(25)36)20-11-28-22-7-5-4-6-18(20)22/h4-11,14,17,28,34H,12-13H2,1-3H3,(H,29,33)(H,30,35,36). The number of H-pyrrole nitrogens is 1. The Morgan fingerprint density at radius 2 is 1.78 bits per heavy atom. The Labute approximate surface area is 207 Å². The molecule has 9 heteroatoms. The zero-order chi connectivity index (χ0) is 25.6. The maximum Gasteiger partial charge on any atom is 0.259 e. The van der Waals surface area contributed by atoms with E-state index in [2.05, 4.69) is 15.6 Å². The van der Waals surface area contributed by atoms with Crippen LogP contribution in [0.5, 0.6) is 0 Å². The SMILES string of the molecule is CC(=O)Nc1ccc2c(c1)c(C1=C(c3c[nH]c4ccccc34)C(=O)NC1=O)cn2CC(O)CN(C)C. The summed E-state index contributed by atoms with van der Waals surface area (Å²) in [6, 6.07) is 13.0. The average molecular weight is 486 g/mol. The van der Waals surface area contributed by atoms with Gasteiger partial charge < -0.3 is 24.9 Å². The summed E-state index contributed by atoms with van der Waals surface area (Å²) in [6.07, 6.45) is 2.88. The highest BCUT2D eigenvalue weighted by Crippen LogP contribution is 2.39. The van der Waals surface area contributed by atoms with Crippen molar-refractivity contribution in [3.8, 4) is 0 Å². The number of hydrogen-bond acceptors (Lipinski definition) is 5. The summed E-state index contributed by atoms with van der Waals surface area (Å²) in [5.41, 5.74) is 3.93. The Hall–Kier alpha value is -4.21. The summed E-state index contributed by atoms with van der Waals surface area (Å²) in [6.45, 7) is 2.18. The van der Waals surface area contributed by atoms with E-state index in [1.807, 2.05) is 53.9 Å². The molecule has 5 rings (SSSR count). The third kappa shape index (κ3) is 4.19. The van der Waals surface area contributed by atoms with E-state index in [-0.39, 0.29) is 17.1 Å². The Morgan fingerprint density at radius 3 is 2.50 bits per heavy atom. The van der Waals surface area contributed by atoms with E-state index in [0.29, 0.717) is 35.3 Å². The first-order valence-electron chi connectivity index (χ1n) is 11.6. The van der Waals surface area contributed by atoms with Gasteiger partial charge in [-0.1, -0.05) is 18.2 Å². The molecule has 1 unspecified atom stereocenters. The minimum absolute atomic E-state index is 0.218. The molecule has 4 N–H and O–H groups in total. The molecule has 2 aromatic carbocycles. The molecule has 3 heterocycles. The number of rotatable bonds is 7. The number of aromatic amines is 1. The van der Waals surface area contributed by atoms with Gasteiger partial charge in [0.25, 0.3) is 11.8 Å². The van der Waals surface area contributed by atoms with E-state index in [0.717, 1.165) is 16.4 Å². The molecule has 1 atom stereocenters. The van der Waals surface area contributed by atoms with Crippen LogP contribution in [-0.2, 0) is 20.9 Å². The molecule has 1 aliphatic heterocycles. The molecule has 0 radical (unpaired) electrons. The fraction of sp³-hybridized carbons (Fsp3) is 0.222. The lowest BCUT2D eigenvalue weighted by Crippen LogP contribution is -2.29. The molecule has 0 spiro atoms. The van der Waals surface area contributed by atoms with Crippen LogP contribution in [0.2, 0.25) is 0 Å². The van der Waals surface area contributed by atoms with E-state index < -0.39 is 17.9 Å². The summed E-state index contributed by atoms with van der Waals surface area (Å²) in [5.74, 6) is -1.17. The third-order valence-electron chi connectivity index (χ3n) is 6.24. The topological polar surface area (TPSA) is 119 Å².